The number of unbranched alkanes of at least 4 members (excludes halogenated alkanes) is 1. The standard InChI is InChI=1S/C24H34O6/c1-18-11-7-9-15-23(18,3)29-22(30-24(4)16-10-8-12-19(24)2)17-28-21(27)14-6-5-13-20(25)26/h7-12,15-16,18-19,22H,5-6,13-14,17H2,1-4H3,(H,25,26). The van der Waals surface area contributed by atoms with Crippen molar-refractivity contribution in [3.63, 3.8) is 0 Å². The van der Waals surface area contributed by atoms with Gasteiger partial charge in [-0.25, -0.2) is 0 Å². The van der Waals surface area contributed by atoms with Crippen molar-refractivity contribution in [2.45, 2.75) is 70.9 Å². The fourth-order valence-electron chi connectivity index (χ4n) is 3.37. The van der Waals surface area contributed by atoms with Crippen LogP contribution in [0.4, 0.5) is 0 Å². The quantitative estimate of drug-likeness (QED) is 0.301. The van der Waals surface area contributed by atoms with Crippen LogP contribution in [-0.2, 0) is 23.8 Å². The molecule has 2 aliphatic carbocycles. The topological polar surface area (TPSA) is 82.1 Å². The number of carboxylic acid groups (broad SMARTS) is 1. The largest absolute Gasteiger partial charge is 0.481 e. The Morgan fingerprint density at radius 2 is 1.40 bits per heavy atom. The van der Waals surface area contributed by atoms with Crippen molar-refractivity contribution in [3.8, 4) is 0 Å². The molecule has 0 aromatic rings. The van der Waals surface area contributed by atoms with Gasteiger partial charge in [0.15, 0.2) is 6.29 Å². The van der Waals surface area contributed by atoms with Gasteiger partial charge in [-0.2, -0.15) is 0 Å². The minimum atomic E-state index is -0.862. The second-order valence-electron chi connectivity index (χ2n) is 8.38. The number of carboxylic acids is 1. The number of esters is 1. The molecule has 0 bridgehead atoms. The Bertz CT molecular complexity index is 679. The Morgan fingerprint density at radius 3 is 1.87 bits per heavy atom. The van der Waals surface area contributed by atoms with Crippen molar-refractivity contribution in [1.29, 1.82) is 0 Å². The summed E-state index contributed by atoms with van der Waals surface area (Å²) >= 11 is 0. The highest BCUT2D eigenvalue weighted by molar-refractivity contribution is 5.69. The molecule has 0 spiro atoms. The third-order valence-corrected chi connectivity index (χ3v) is 5.86. The summed E-state index contributed by atoms with van der Waals surface area (Å²) < 4.78 is 18.1. The van der Waals surface area contributed by atoms with Crippen LogP contribution in [0.15, 0.2) is 48.6 Å². The molecule has 2 aliphatic rings. The van der Waals surface area contributed by atoms with Crippen molar-refractivity contribution in [2.75, 3.05) is 6.61 Å². The maximum Gasteiger partial charge on any atom is 0.305 e. The van der Waals surface area contributed by atoms with E-state index in [9.17, 15) is 9.59 Å². The molecule has 0 saturated carbocycles. The summed E-state index contributed by atoms with van der Waals surface area (Å²) in [5.41, 5.74) is -1.16. The van der Waals surface area contributed by atoms with Crippen LogP contribution in [0.25, 0.3) is 0 Å². The van der Waals surface area contributed by atoms with Gasteiger partial charge >= 0.3 is 11.9 Å². The van der Waals surface area contributed by atoms with Gasteiger partial charge in [0.1, 0.15) is 6.61 Å². The van der Waals surface area contributed by atoms with Gasteiger partial charge in [0.25, 0.3) is 0 Å². The third-order valence-electron chi connectivity index (χ3n) is 5.86. The van der Waals surface area contributed by atoms with E-state index in [0.29, 0.717) is 12.8 Å². The van der Waals surface area contributed by atoms with E-state index in [1.54, 1.807) is 0 Å². The van der Waals surface area contributed by atoms with Crippen LogP contribution in [0.5, 0.6) is 0 Å². The summed E-state index contributed by atoms with van der Waals surface area (Å²) in [4.78, 5) is 22.7. The number of hydrogen-bond donors (Lipinski definition) is 1. The molecule has 4 atom stereocenters. The van der Waals surface area contributed by atoms with E-state index in [1.165, 1.54) is 0 Å². The minimum absolute atomic E-state index is 0.0303. The van der Waals surface area contributed by atoms with Gasteiger partial charge in [-0.1, -0.05) is 62.5 Å². The molecule has 1 N–H and O–H groups in total. The second kappa shape index (κ2) is 10.7. The van der Waals surface area contributed by atoms with Crippen molar-refractivity contribution < 1.29 is 28.9 Å². The summed E-state index contributed by atoms with van der Waals surface area (Å²) in [6.07, 6.45) is 16.4. The van der Waals surface area contributed by atoms with E-state index < -0.39 is 23.5 Å². The van der Waals surface area contributed by atoms with E-state index in [4.69, 9.17) is 19.3 Å². The number of ether oxygens (including phenoxy) is 3. The van der Waals surface area contributed by atoms with E-state index in [-0.39, 0.29) is 37.3 Å². The number of hydrogen-bond acceptors (Lipinski definition) is 5. The summed E-state index contributed by atoms with van der Waals surface area (Å²) in [5.74, 6) is -0.981. The van der Waals surface area contributed by atoms with E-state index in [2.05, 4.69) is 26.0 Å². The fourth-order valence-corrected chi connectivity index (χ4v) is 3.37. The molecule has 0 aliphatic heterocycles. The fraction of sp³-hybridized carbons (Fsp3) is 0.583. The maximum atomic E-state index is 12.1. The maximum absolute atomic E-state index is 12.1. The first-order chi connectivity index (χ1) is 14.1. The zero-order valence-electron chi connectivity index (χ0n) is 18.4. The molecule has 0 amide bonds. The number of rotatable bonds is 11. The van der Waals surface area contributed by atoms with Crippen LogP contribution in [0.2, 0.25) is 0 Å². The van der Waals surface area contributed by atoms with E-state index >= 15 is 0 Å². The highest BCUT2D eigenvalue weighted by atomic mass is 16.7. The molecule has 6 heteroatoms. The van der Waals surface area contributed by atoms with Crippen LogP contribution >= 0.6 is 0 Å². The van der Waals surface area contributed by atoms with Crippen molar-refractivity contribution in [2.24, 2.45) is 11.8 Å². The Hall–Kier alpha value is -2.18. The molecular weight excluding hydrogens is 384 g/mol. The first kappa shape index (κ1) is 24.1. The SMILES string of the molecule is CC1C=CC=CC1(C)OC(COC(=O)CCCCC(=O)O)OC1(C)C=CC=CC1C. The number of aliphatic carboxylic acids is 1. The van der Waals surface area contributed by atoms with Gasteiger partial charge in [-0.05, 0) is 26.7 Å². The Balaban J connectivity index is 2.00. The molecule has 0 aromatic carbocycles. The predicted octanol–water partition coefficient (Wildman–Crippen LogP) is 4.58. The lowest BCUT2D eigenvalue weighted by atomic mass is 9.86. The molecule has 6 nitrogen and oxygen atoms in total. The Labute approximate surface area is 179 Å². The highest BCUT2D eigenvalue weighted by Gasteiger charge is 2.38. The lowest BCUT2D eigenvalue weighted by Gasteiger charge is -2.41. The zero-order chi connectivity index (χ0) is 22.2. The van der Waals surface area contributed by atoms with Crippen molar-refractivity contribution in [3.05, 3.63) is 48.6 Å². The zero-order valence-corrected chi connectivity index (χ0v) is 18.4. The van der Waals surface area contributed by atoms with E-state index in [0.717, 1.165) is 0 Å². The van der Waals surface area contributed by atoms with Crippen LogP contribution in [0.1, 0.15) is 53.4 Å². The summed E-state index contributed by atoms with van der Waals surface area (Å²) in [5, 5.41) is 8.69. The second-order valence-corrected chi connectivity index (χ2v) is 8.38. The average molecular weight is 419 g/mol. The molecule has 2 rings (SSSR count). The van der Waals surface area contributed by atoms with Gasteiger partial charge in [0, 0.05) is 24.7 Å². The molecule has 0 radical (unpaired) electrons. The third kappa shape index (κ3) is 6.96. The molecule has 0 saturated heterocycles. The Kier molecular flexibility index (Phi) is 8.62. The Morgan fingerprint density at radius 1 is 0.900 bits per heavy atom. The van der Waals surface area contributed by atoms with Gasteiger partial charge < -0.3 is 19.3 Å². The van der Waals surface area contributed by atoms with Gasteiger partial charge in [-0.15, -0.1) is 0 Å². The molecule has 30 heavy (non-hydrogen) atoms. The molecule has 0 fully saturated rings. The van der Waals surface area contributed by atoms with Crippen molar-refractivity contribution in [1.82, 2.24) is 0 Å². The van der Waals surface area contributed by atoms with Crippen LogP contribution in [0.3, 0.4) is 0 Å². The normalized spacial score (nSPS) is 30.9. The first-order valence-electron chi connectivity index (χ1n) is 10.6. The molecular formula is C24H34O6. The average Bonchev–Trinajstić information content (AvgIpc) is 2.68. The van der Waals surface area contributed by atoms with Crippen LogP contribution in [0, 0.1) is 11.8 Å². The summed E-state index contributed by atoms with van der Waals surface area (Å²) in [6, 6.07) is 0. The monoisotopic (exact) mass is 418 g/mol. The first-order valence-corrected chi connectivity index (χ1v) is 10.6. The van der Waals surface area contributed by atoms with Gasteiger partial charge in [0.05, 0.1) is 11.2 Å². The van der Waals surface area contributed by atoms with E-state index in [1.807, 2.05) is 50.3 Å². The van der Waals surface area contributed by atoms with Gasteiger partial charge in [0.2, 0.25) is 0 Å². The molecule has 0 aromatic heterocycles. The van der Waals surface area contributed by atoms with Gasteiger partial charge in [-0.3, -0.25) is 9.59 Å². The lowest BCUT2D eigenvalue weighted by Crippen LogP contribution is -2.46. The van der Waals surface area contributed by atoms with Crippen LogP contribution in [-0.4, -0.2) is 41.1 Å². The number of allylic oxidation sites excluding steroid dienone is 4. The lowest BCUT2D eigenvalue weighted by molar-refractivity contribution is -0.255. The molecule has 0 heterocycles. The molecule has 4 unspecified atom stereocenters. The summed E-state index contributed by atoms with van der Waals surface area (Å²) in [6.45, 7) is 8.09. The van der Waals surface area contributed by atoms with Crippen molar-refractivity contribution >= 4 is 11.9 Å². The smallest absolute Gasteiger partial charge is 0.305 e. The molecule has 166 valence electrons. The number of carbonyl (C=O) groups is 2. The number of carbonyl (C=O) groups excluding carboxylic acids is 1. The van der Waals surface area contributed by atoms with Crippen LogP contribution < -0.4 is 0 Å². The summed E-state index contributed by atoms with van der Waals surface area (Å²) in [7, 11) is 0. The highest BCUT2D eigenvalue weighted by Crippen LogP contribution is 2.34. The predicted molar refractivity (Wildman–Crippen MR) is 115 cm³/mol. The minimum Gasteiger partial charge on any atom is -0.481 e.